The normalized spacial score (nSPS) is 12.2. The summed E-state index contributed by atoms with van der Waals surface area (Å²) >= 11 is 1.74. The molecule has 0 aromatic heterocycles. The van der Waals surface area contributed by atoms with Gasteiger partial charge in [0, 0.05) is 24.2 Å². The molecule has 0 aliphatic carbocycles. The Labute approximate surface area is 112 Å². The van der Waals surface area contributed by atoms with Crippen LogP contribution in [0.15, 0.2) is 29.2 Å². The molecule has 0 spiro atoms. The lowest BCUT2D eigenvalue weighted by Gasteiger charge is -2.13. The molecule has 1 atom stereocenters. The number of carbonyl (C=O) groups is 1. The molecule has 5 heteroatoms. The van der Waals surface area contributed by atoms with E-state index in [4.69, 9.17) is 10.5 Å². The average molecular weight is 268 g/mol. The molecule has 1 amide bonds. The number of ether oxygens (including phenoxy) is 1. The van der Waals surface area contributed by atoms with Crippen molar-refractivity contribution in [2.24, 2.45) is 5.73 Å². The molecule has 4 nitrogen and oxygen atoms in total. The Hall–Kier alpha value is -1.04. The fourth-order valence-corrected chi connectivity index (χ4v) is 2.23. The summed E-state index contributed by atoms with van der Waals surface area (Å²) in [6.45, 7) is 2.44. The van der Waals surface area contributed by atoms with Crippen LogP contribution in [0.25, 0.3) is 0 Å². The number of amides is 1. The average Bonchev–Trinajstić information content (AvgIpc) is 2.36. The Bertz CT molecular complexity index is 381. The van der Waals surface area contributed by atoms with Crippen LogP contribution in [0.1, 0.15) is 13.3 Å². The highest BCUT2D eigenvalue weighted by Gasteiger charge is 2.11. The van der Waals surface area contributed by atoms with Gasteiger partial charge in [0.2, 0.25) is 5.91 Å². The zero-order valence-electron chi connectivity index (χ0n) is 10.8. The van der Waals surface area contributed by atoms with Crippen LogP contribution >= 0.6 is 11.8 Å². The number of carbonyl (C=O) groups excluding carboxylic acids is 1. The van der Waals surface area contributed by atoms with Crippen molar-refractivity contribution in [2.75, 3.05) is 24.7 Å². The highest BCUT2D eigenvalue weighted by atomic mass is 32.2. The molecule has 0 saturated heterocycles. The van der Waals surface area contributed by atoms with Crippen molar-refractivity contribution in [3.63, 3.8) is 0 Å². The summed E-state index contributed by atoms with van der Waals surface area (Å²) in [4.78, 5) is 12.9. The molecule has 1 aromatic carbocycles. The lowest BCUT2D eigenvalue weighted by Crippen LogP contribution is -2.28. The predicted octanol–water partition coefficient (Wildman–Crippen LogP) is 2.10. The van der Waals surface area contributed by atoms with Crippen LogP contribution in [-0.2, 0) is 9.53 Å². The summed E-state index contributed by atoms with van der Waals surface area (Å²) in [5.74, 6) is 0.932. The maximum atomic E-state index is 11.8. The smallest absolute Gasteiger partial charge is 0.227 e. The van der Waals surface area contributed by atoms with Crippen molar-refractivity contribution in [3.05, 3.63) is 24.3 Å². The van der Waals surface area contributed by atoms with Gasteiger partial charge in [-0.3, -0.25) is 4.79 Å². The van der Waals surface area contributed by atoms with Gasteiger partial charge in [-0.15, -0.1) is 11.8 Å². The van der Waals surface area contributed by atoms with Crippen LogP contribution in [0.4, 0.5) is 5.69 Å². The molecule has 1 unspecified atom stereocenters. The SMILES string of the molecule is CCSc1cccc(NC(=O)CC(CN)OC)c1. The summed E-state index contributed by atoms with van der Waals surface area (Å²) in [6.07, 6.45) is 0.0521. The van der Waals surface area contributed by atoms with Crippen LogP contribution in [0.5, 0.6) is 0 Å². The summed E-state index contributed by atoms with van der Waals surface area (Å²) in [6, 6.07) is 7.81. The Balaban J connectivity index is 2.55. The molecule has 1 rings (SSSR count). The topological polar surface area (TPSA) is 64.4 Å². The maximum Gasteiger partial charge on any atom is 0.227 e. The van der Waals surface area contributed by atoms with Gasteiger partial charge in [0.05, 0.1) is 12.5 Å². The number of nitrogens with one attached hydrogen (secondary N) is 1. The van der Waals surface area contributed by atoms with Gasteiger partial charge in [0.15, 0.2) is 0 Å². The van der Waals surface area contributed by atoms with Gasteiger partial charge < -0.3 is 15.8 Å². The third-order valence-electron chi connectivity index (χ3n) is 2.44. The molecule has 0 bridgehead atoms. The zero-order chi connectivity index (χ0) is 13.4. The second-order valence-corrected chi connectivity index (χ2v) is 5.14. The van der Waals surface area contributed by atoms with Crippen molar-refractivity contribution in [2.45, 2.75) is 24.3 Å². The van der Waals surface area contributed by atoms with Crippen LogP contribution in [0, 0.1) is 0 Å². The number of benzene rings is 1. The Kier molecular flexibility index (Phi) is 6.78. The number of rotatable bonds is 7. The fourth-order valence-electron chi connectivity index (χ4n) is 1.51. The van der Waals surface area contributed by atoms with E-state index in [0.29, 0.717) is 6.54 Å². The predicted molar refractivity (Wildman–Crippen MR) is 75.9 cm³/mol. The molecule has 1 aromatic rings. The molecule has 0 radical (unpaired) electrons. The monoisotopic (exact) mass is 268 g/mol. The molecule has 100 valence electrons. The van der Waals surface area contributed by atoms with E-state index in [2.05, 4.69) is 12.2 Å². The Morgan fingerprint density at radius 1 is 1.56 bits per heavy atom. The quantitative estimate of drug-likeness (QED) is 0.743. The van der Waals surface area contributed by atoms with Crippen molar-refractivity contribution in [1.82, 2.24) is 0 Å². The third-order valence-corrected chi connectivity index (χ3v) is 3.31. The summed E-state index contributed by atoms with van der Waals surface area (Å²) < 4.78 is 5.08. The number of hydrogen-bond acceptors (Lipinski definition) is 4. The van der Waals surface area contributed by atoms with Crippen molar-refractivity contribution in [3.8, 4) is 0 Å². The van der Waals surface area contributed by atoms with E-state index in [0.717, 1.165) is 16.3 Å². The van der Waals surface area contributed by atoms with Gasteiger partial charge in [-0.1, -0.05) is 13.0 Å². The lowest BCUT2D eigenvalue weighted by molar-refractivity contribution is -0.118. The first-order valence-electron chi connectivity index (χ1n) is 5.95. The second-order valence-electron chi connectivity index (χ2n) is 3.81. The first-order valence-corrected chi connectivity index (χ1v) is 6.93. The van der Waals surface area contributed by atoms with Crippen LogP contribution < -0.4 is 11.1 Å². The number of methoxy groups -OCH3 is 1. The second kappa shape index (κ2) is 8.13. The van der Waals surface area contributed by atoms with Crippen LogP contribution in [0.2, 0.25) is 0 Å². The van der Waals surface area contributed by atoms with Gasteiger partial charge in [-0.2, -0.15) is 0 Å². The molecule has 0 saturated carbocycles. The van der Waals surface area contributed by atoms with Crippen molar-refractivity contribution < 1.29 is 9.53 Å². The highest BCUT2D eigenvalue weighted by molar-refractivity contribution is 7.99. The Morgan fingerprint density at radius 3 is 2.94 bits per heavy atom. The van der Waals surface area contributed by atoms with Gasteiger partial charge in [-0.05, 0) is 24.0 Å². The van der Waals surface area contributed by atoms with E-state index in [1.165, 1.54) is 0 Å². The summed E-state index contributed by atoms with van der Waals surface area (Å²) in [5, 5.41) is 2.85. The van der Waals surface area contributed by atoms with Crippen LogP contribution in [-0.4, -0.2) is 31.4 Å². The van der Waals surface area contributed by atoms with Gasteiger partial charge in [0.25, 0.3) is 0 Å². The Morgan fingerprint density at radius 2 is 2.33 bits per heavy atom. The molecule has 0 aliphatic rings. The highest BCUT2D eigenvalue weighted by Crippen LogP contribution is 2.21. The zero-order valence-corrected chi connectivity index (χ0v) is 11.6. The minimum Gasteiger partial charge on any atom is -0.380 e. The number of anilines is 1. The van der Waals surface area contributed by atoms with E-state index in [1.807, 2.05) is 24.3 Å². The first kappa shape index (κ1) is 15.0. The van der Waals surface area contributed by atoms with E-state index in [-0.39, 0.29) is 18.4 Å². The standard InChI is InChI=1S/C13H20N2O2S/c1-3-18-12-6-4-5-10(7-12)15-13(16)8-11(9-14)17-2/h4-7,11H,3,8-9,14H2,1-2H3,(H,15,16). The minimum absolute atomic E-state index is 0.0778. The largest absolute Gasteiger partial charge is 0.380 e. The van der Waals surface area contributed by atoms with E-state index in [9.17, 15) is 4.79 Å². The van der Waals surface area contributed by atoms with Crippen molar-refractivity contribution in [1.29, 1.82) is 0 Å². The van der Waals surface area contributed by atoms with E-state index < -0.39 is 0 Å². The first-order chi connectivity index (χ1) is 8.69. The van der Waals surface area contributed by atoms with E-state index in [1.54, 1.807) is 18.9 Å². The molecule has 3 N–H and O–H groups in total. The van der Waals surface area contributed by atoms with Gasteiger partial charge in [-0.25, -0.2) is 0 Å². The van der Waals surface area contributed by atoms with Gasteiger partial charge in [0.1, 0.15) is 0 Å². The molecule has 0 fully saturated rings. The van der Waals surface area contributed by atoms with Crippen LogP contribution in [0.3, 0.4) is 0 Å². The maximum absolute atomic E-state index is 11.8. The van der Waals surface area contributed by atoms with Gasteiger partial charge >= 0.3 is 0 Å². The molecular formula is C13H20N2O2S. The molecule has 0 aliphatic heterocycles. The summed E-state index contributed by atoms with van der Waals surface area (Å²) in [7, 11) is 1.56. The fraction of sp³-hybridized carbons (Fsp3) is 0.462. The number of hydrogen-bond donors (Lipinski definition) is 2. The minimum atomic E-state index is -0.224. The third kappa shape index (κ3) is 5.08. The summed E-state index contributed by atoms with van der Waals surface area (Å²) in [5.41, 5.74) is 6.29. The molecule has 18 heavy (non-hydrogen) atoms. The molecular weight excluding hydrogens is 248 g/mol. The number of nitrogens with two attached hydrogens (primary N) is 1. The molecule has 0 heterocycles. The lowest BCUT2D eigenvalue weighted by atomic mass is 10.2. The number of thioether (sulfide) groups is 1. The van der Waals surface area contributed by atoms with Crippen molar-refractivity contribution >= 4 is 23.4 Å². The van der Waals surface area contributed by atoms with E-state index >= 15 is 0 Å².